The minimum Gasteiger partial charge on any atom is -0.481 e. The summed E-state index contributed by atoms with van der Waals surface area (Å²) in [5.74, 6) is -8.03. The molecule has 0 aromatic carbocycles. The van der Waals surface area contributed by atoms with Gasteiger partial charge in [0.25, 0.3) is 0 Å². The third-order valence-corrected chi connectivity index (χ3v) is 14.5. The number of methoxy groups -OCH3 is 2. The Morgan fingerprint density at radius 1 is 0.633 bits per heavy atom. The maximum Gasteiger partial charge on any atom is 0.311 e. The number of aliphatic carboxylic acids is 1. The first kappa shape index (κ1) is 68.8. The zero-order valence-corrected chi connectivity index (χ0v) is 46.3. The molecule has 0 aromatic heterocycles. The van der Waals surface area contributed by atoms with E-state index in [-0.39, 0.29) is 64.0 Å². The number of carbonyl (C=O) groups is 4. The average Bonchev–Trinajstić information content (AvgIpc) is 3.42. The molecular weight excluding hydrogens is 1030 g/mol. The van der Waals surface area contributed by atoms with E-state index in [1.54, 1.807) is 98.6 Å². The van der Waals surface area contributed by atoms with Crippen molar-refractivity contribution in [1.29, 1.82) is 0 Å². The van der Waals surface area contributed by atoms with Gasteiger partial charge in [0.2, 0.25) is 0 Å². The molecule has 2 saturated heterocycles. The van der Waals surface area contributed by atoms with E-state index in [4.69, 9.17) is 28.4 Å². The van der Waals surface area contributed by atoms with Gasteiger partial charge in [0.15, 0.2) is 12.1 Å². The molecule has 22 nitrogen and oxygen atoms in total. The Hall–Kier alpha value is -4.50. The van der Waals surface area contributed by atoms with E-state index in [2.05, 4.69) is 0 Å². The number of nitrogens with zero attached hydrogens (tertiary/aromatic N) is 1. The van der Waals surface area contributed by atoms with Gasteiger partial charge in [-0.1, -0.05) is 98.9 Å². The maximum atomic E-state index is 12.8. The molecule has 0 spiro atoms. The summed E-state index contributed by atoms with van der Waals surface area (Å²) in [4.78, 5) is 51.3. The van der Waals surface area contributed by atoms with E-state index < -0.39 is 165 Å². The Labute approximate surface area is 463 Å². The highest BCUT2D eigenvalue weighted by atomic mass is 16.7. The van der Waals surface area contributed by atoms with Gasteiger partial charge < -0.3 is 84.6 Å². The first-order valence-corrected chi connectivity index (χ1v) is 27.2. The largest absolute Gasteiger partial charge is 0.481 e. The number of ether oxygens (including phenoxy) is 6. The van der Waals surface area contributed by atoms with Crippen molar-refractivity contribution in [3.05, 3.63) is 85.1 Å². The van der Waals surface area contributed by atoms with Crippen LogP contribution in [0.5, 0.6) is 0 Å². The minimum absolute atomic E-state index is 0.0174. The van der Waals surface area contributed by atoms with Gasteiger partial charge in [-0.2, -0.15) is 0 Å². The number of carboxylic acids is 1. The molecule has 0 amide bonds. The molecule has 22 heteroatoms. The third kappa shape index (κ3) is 24.2. The van der Waals surface area contributed by atoms with Gasteiger partial charge in [-0.15, -0.1) is 0 Å². The maximum absolute atomic E-state index is 12.8. The van der Waals surface area contributed by atoms with Crippen LogP contribution < -0.4 is 0 Å². The molecular formula is C57H89NO21. The number of esters is 3. The standard InChI is InChI=1S/C57H89NO21/c1-35-21-17-15-13-11-9-7-8-10-12-14-16-18-22-42(78-56-54(70)51(53(69)38(4)77-56)58(27-19-23-47(65)74-5)28-20-24-48(66)75-6)32-46-50(55(71)72)45(64)34-57(73,79-46)33-41(61)30-44(63)43(62)26-25-39(59)29-40(60)31-49(67)76-37(3)36(2)52(35)68/h7-18,21-22,35-46,50-54,56,59-64,68-70,73H,19-20,23-34H2,1-6H3,(H,71,72)/b8-7+,11-9+,12-10+,15-13+,16-14+,21-17-,22-18+/t35-,36-,37-,38+,39+,40+,41-,42-,43+,44+,45-,46-,50+,51-,52+,53+,54-,56-,57+/m0/s1. The molecule has 0 saturated carbocycles. The quantitative estimate of drug-likeness (QED) is 0.0983. The average molecular weight is 1120 g/mol. The molecule has 0 unspecified atom stereocenters. The van der Waals surface area contributed by atoms with Gasteiger partial charge in [-0.3, -0.25) is 24.1 Å². The summed E-state index contributed by atoms with van der Waals surface area (Å²) < 4.78 is 33.5. The molecule has 3 rings (SSSR count). The number of rotatable bonds is 12. The molecule has 0 aliphatic carbocycles. The Bertz CT molecular complexity index is 2040. The van der Waals surface area contributed by atoms with E-state index in [1.807, 2.05) is 13.0 Å². The molecule has 0 aromatic rings. The Morgan fingerprint density at radius 2 is 1.18 bits per heavy atom. The molecule has 11 N–H and O–H groups in total. The Balaban J connectivity index is 1.98. The highest BCUT2D eigenvalue weighted by Gasteiger charge is 2.51. The zero-order chi connectivity index (χ0) is 58.8. The number of fused-ring (bicyclic) bond motifs is 2. The summed E-state index contributed by atoms with van der Waals surface area (Å²) in [6.45, 7) is 7.09. The summed E-state index contributed by atoms with van der Waals surface area (Å²) in [7, 11) is 2.50. The number of aliphatic hydroxyl groups is 10. The fraction of sp³-hybridized carbons (Fsp3) is 0.684. The summed E-state index contributed by atoms with van der Waals surface area (Å²) in [5.41, 5.74) is 0. The fourth-order valence-electron chi connectivity index (χ4n) is 9.81. The predicted molar refractivity (Wildman–Crippen MR) is 287 cm³/mol. The molecule has 3 aliphatic heterocycles. The predicted octanol–water partition coefficient (Wildman–Crippen LogP) is 1.96. The van der Waals surface area contributed by atoms with Crippen LogP contribution in [-0.2, 0) is 47.6 Å². The molecule has 2 fully saturated rings. The molecule has 19 atom stereocenters. The molecule has 2 bridgehead atoms. The van der Waals surface area contributed by atoms with E-state index >= 15 is 0 Å². The second-order valence-electron chi connectivity index (χ2n) is 20.9. The lowest BCUT2D eigenvalue weighted by molar-refractivity contribution is -0.312. The van der Waals surface area contributed by atoms with Crippen molar-refractivity contribution in [2.75, 3.05) is 27.3 Å². The van der Waals surface area contributed by atoms with Crippen LogP contribution in [0.15, 0.2) is 85.1 Å². The highest BCUT2D eigenvalue weighted by molar-refractivity contribution is 5.72. The Morgan fingerprint density at radius 3 is 1.72 bits per heavy atom. The number of allylic oxidation sites excluding steroid dienone is 12. The van der Waals surface area contributed by atoms with Crippen molar-refractivity contribution in [2.24, 2.45) is 17.8 Å². The second kappa shape index (κ2) is 35.4. The topological polar surface area (TPSA) is 349 Å². The summed E-state index contributed by atoms with van der Waals surface area (Å²) in [6, 6.07) is -1.08. The van der Waals surface area contributed by atoms with Gasteiger partial charge in [-0.05, 0) is 59.0 Å². The molecule has 3 heterocycles. The first-order chi connectivity index (χ1) is 37.4. The van der Waals surface area contributed by atoms with E-state index in [9.17, 15) is 75.3 Å². The lowest BCUT2D eigenvalue weighted by Crippen LogP contribution is -2.64. The van der Waals surface area contributed by atoms with Crippen molar-refractivity contribution in [1.82, 2.24) is 4.90 Å². The van der Waals surface area contributed by atoms with Crippen LogP contribution in [0.2, 0.25) is 0 Å². The number of carbonyl (C=O) groups excluding carboxylic acids is 3. The minimum atomic E-state index is -2.40. The van der Waals surface area contributed by atoms with Crippen molar-refractivity contribution < 1.29 is 104 Å². The number of aliphatic hydroxyl groups excluding tert-OH is 9. The van der Waals surface area contributed by atoms with Crippen LogP contribution >= 0.6 is 0 Å². The summed E-state index contributed by atoms with van der Waals surface area (Å²) in [5, 5.41) is 122. The van der Waals surface area contributed by atoms with Crippen LogP contribution in [0.25, 0.3) is 0 Å². The van der Waals surface area contributed by atoms with Crippen molar-refractivity contribution in [2.45, 2.75) is 202 Å². The lowest BCUT2D eigenvalue weighted by Gasteiger charge is -2.47. The van der Waals surface area contributed by atoms with E-state index in [0.717, 1.165) is 0 Å². The van der Waals surface area contributed by atoms with Crippen LogP contribution in [-0.4, -0.2) is 210 Å². The Kier molecular flexibility index (Phi) is 30.8. The zero-order valence-electron chi connectivity index (χ0n) is 46.3. The van der Waals surface area contributed by atoms with Crippen LogP contribution in [0, 0.1) is 17.8 Å². The van der Waals surface area contributed by atoms with Crippen LogP contribution in [0.4, 0.5) is 0 Å². The van der Waals surface area contributed by atoms with Gasteiger partial charge in [0, 0.05) is 50.4 Å². The highest BCUT2D eigenvalue weighted by Crippen LogP contribution is 2.38. The van der Waals surface area contributed by atoms with Gasteiger partial charge in [-0.25, -0.2) is 0 Å². The number of carboxylic acid groups (broad SMARTS) is 1. The lowest BCUT2D eigenvalue weighted by atomic mass is 9.82. The van der Waals surface area contributed by atoms with Crippen molar-refractivity contribution >= 4 is 23.9 Å². The first-order valence-electron chi connectivity index (χ1n) is 27.2. The summed E-state index contributed by atoms with van der Waals surface area (Å²) >= 11 is 0. The molecule has 3 aliphatic rings. The number of hydrogen-bond donors (Lipinski definition) is 11. The van der Waals surface area contributed by atoms with Crippen molar-refractivity contribution in [3.63, 3.8) is 0 Å². The molecule has 79 heavy (non-hydrogen) atoms. The monoisotopic (exact) mass is 1120 g/mol. The van der Waals surface area contributed by atoms with Crippen LogP contribution in [0.3, 0.4) is 0 Å². The smallest absolute Gasteiger partial charge is 0.311 e. The van der Waals surface area contributed by atoms with Gasteiger partial charge in [0.05, 0.1) is 93.8 Å². The summed E-state index contributed by atoms with van der Waals surface area (Å²) in [6.07, 6.45) is 2.64. The van der Waals surface area contributed by atoms with Crippen LogP contribution in [0.1, 0.15) is 105 Å². The number of cyclic esters (lactones) is 1. The van der Waals surface area contributed by atoms with Gasteiger partial charge in [0.1, 0.15) is 18.1 Å². The molecule has 0 radical (unpaired) electrons. The molecule has 448 valence electrons. The fourth-order valence-corrected chi connectivity index (χ4v) is 9.81. The third-order valence-electron chi connectivity index (χ3n) is 14.5. The van der Waals surface area contributed by atoms with E-state index in [1.165, 1.54) is 20.3 Å². The van der Waals surface area contributed by atoms with Gasteiger partial charge >= 0.3 is 23.9 Å². The SMILES string of the molecule is COC(=O)CCCN(CCCC(=O)OC)[C@@H]1[C@H](O)[C@H](O[C@H]2/C=C/C=C/C=C/C=C/C=C/C=C/C=C\[C@H](C)[C@@H](O)[C@@H](C)[C@H](C)OC(=O)C[C@H](O)C[C@H](O)CC[C@@H](O)[C@H](O)C[C@H](O)C[C@]3(O)C[C@H](O)[C@@H](C(=O)O)[C@H](C2)O3)O[C@H](C)[C@H]1O. The van der Waals surface area contributed by atoms with E-state index in [0.29, 0.717) is 0 Å². The number of hydrogen-bond acceptors (Lipinski definition) is 21. The second-order valence-corrected chi connectivity index (χ2v) is 20.9. The van der Waals surface area contributed by atoms with Crippen molar-refractivity contribution in [3.8, 4) is 0 Å². The normalized spacial score (nSPS) is 39.4.